The minimum atomic E-state index is 0.683. The Morgan fingerprint density at radius 2 is 2.24 bits per heavy atom. The van der Waals surface area contributed by atoms with Crippen LogP contribution < -0.4 is 5.32 Å². The van der Waals surface area contributed by atoms with Gasteiger partial charge in [0.05, 0.1) is 12.3 Å². The Morgan fingerprint density at radius 1 is 1.47 bits per heavy atom. The summed E-state index contributed by atoms with van der Waals surface area (Å²) in [7, 11) is 1.98. The number of nitrogens with one attached hydrogen (secondary N) is 1. The first-order chi connectivity index (χ1) is 8.22. The molecule has 1 N–H and O–H groups in total. The summed E-state index contributed by atoms with van der Waals surface area (Å²) < 4.78 is 7.68. The lowest BCUT2D eigenvalue weighted by Gasteiger charge is -2.09. The lowest BCUT2D eigenvalue weighted by Crippen LogP contribution is -2.08. The van der Waals surface area contributed by atoms with Crippen molar-refractivity contribution < 1.29 is 4.74 Å². The molecule has 96 valence electrons. The van der Waals surface area contributed by atoms with E-state index in [1.165, 1.54) is 18.4 Å². The van der Waals surface area contributed by atoms with Gasteiger partial charge < -0.3 is 10.1 Å². The van der Waals surface area contributed by atoms with Crippen molar-refractivity contribution in [2.24, 2.45) is 13.0 Å². The predicted octanol–water partition coefficient (Wildman–Crippen LogP) is 2.48. The quantitative estimate of drug-likeness (QED) is 0.792. The number of nitrogens with zero attached hydrogens (tertiary/aromatic N) is 2. The average Bonchev–Trinajstić information content (AvgIpc) is 3.06. The van der Waals surface area contributed by atoms with Gasteiger partial charge in [0, 0.05) is 25.8 Å². The number of hydrogen-bond acceptors (Lipinski definition) is 3. The summed E-state index contributed by atoms with van der Waals surface area (Å²) in [6.45, 7) is 6.78. The fourth-order valence-corrected chi connectivity index (χ4v) is 1.95. The zero-order chi connectivity index (χ0) is 12.3. The molecule has 2 rings (SSSR count). The molecule has 4 heteroatoms. The molecule has 0 aromatic carbocycles. The second-order valence-electron chi connectivity index (χ2n) is 4.92. The van der Waals surface area contributed by atoms with Gasteiger partial charge in [-0.1, -0.05) is 6.92 Å². The van der Waals surface area contributed by atoms with Crippen LogP contribution in [0.1, 0.15) is 37.4 Å². The zero-order valence-corrected chi connectivity index (χ0v) is 11.1. The van der Waals surface area contributed by atoms with Crippen LogP contribution in [0.3, 0.4) is 0 Å². The Bertz CT molecular complexity index is 369. The minimum absolute atomic E-state index is 0.683. The highest BCUT2D eigenvalue weighted by Crippen LogP contribution is 2.29. The van der Waals surface area contributed by atoms with Crippen molar-refractivity contribution in [3.05, 3.63) is 11.3 Å². The van der Waals surface area contributed by atoms with E-state index in [0.717, 1.165) is 37.0 Å². The van der Waals surface area contributed by atoms with E-state index in [9.17, 15) is 0 Å². The van der Waals surface area contributed by atoms with Crippen LogP contribution in [0.2, 0.25) is 0 Å². The molecule has 1 fully saturated rings. The largest absolute Gasteiger partial charge is 0.376 e. The van der Waals surface area contributed by atoms with Crippen LogP contribution in [-0.2, 0) is 18.4 Å². The van der Waals surface area contributed by atoms with E-state index in [2.05, 4.69) is 17.3 Å². The van der Waals surface area contributed by atoms with Crippen LogP contribution in [0.4, 0.5) is 5.82 Å². The summed E-state index contributed by atoms with van der Waals surface area (Å²) in [5.41, 5.74) is 2.28. The lowest BCUT2D eigenvalue weighted by atomic mass is 10.2. The number of hydrogen-bond donors (Lipinski definition) is 1. The van der Waals surface area contributed by atoms with Crippen molar-refractivity contribution in [2.75, 3.05) is 18.5 Å². The number of anilines is 1. The van der Waals surface area contributed by atoms with Crippen molar-refractivity contribution >= 4 is 5.82 Å². The van der Waals surface area contributed by atoms with E-state index in [0.29, 0.717) is 6.61 Å². The first-order valence-corrected chi connectivity index (χ1v) is 6.56. The van der Waals surface area contributed by atoms with E-state index >= 15 is 0 Å². The highest BCUT2D eigenvalue weighted by atomic mass is 16.5. The fraction of sp³-hybridized carbons (Fsp3) is 0.769. The second-order valence-corrected chi connectivity index (χ2v) is 4.92. The van der Waals surface area contributed by atoms with E-state index < -0.39 is 0 Å². The standard InChI is InChI=1S/C13H23N3O/c1-4-7-14-13-12(10(2)15-16(13)3)9-17-8-11-5-6-11/h11,14H,4-9H2,1-3H3. The fourth-order valence-electron chi connectivity index (χ4n) is 1.95. The molecule has 1 saturated carbocycles. The molecule has 1 aromatic heterocycles. The summed E-state index contributed by atoms with van der Waals surface area (Å²) in [6.07, 6.45) is 3.80. The highest BCUT2D eigenvalue weighted by molar-refractivity contribution is 5.47. The average molecular weight is 237 g/mol. The highest BCUT2D eigenvalue weighted by Gasteiger charge is 2.22. The SMILES string of the molecule is CCCNc1c(COCC2CC2)c(C)nn1C. The molecule has 1 aromatic rings. The van der Waals surface area contributed by atoms with Gasteiger partial charge in [0.1, 0.15) is 5.82 Å². The molecule has 17 heavy (non-hydrogen) atoms. The summed E-state index contributed by atoms with van der Waals surface area (Å²) >= 11 is 0. The molecule has 0 saturated heterocycles. The molecule has 0 spiro atoms. The summed E-state index contributed by atoms with van der Waals surface area (Å²) in [5, 5.41) is 7.88. The molecular weight excluding hydrogens is 214 g/mol. The van der Waals surface area contributed by atoms with Gasteiger partial charge in [-0.3, -0.25) is 4.68 Å². The number of ether oxygens (including phenoxy) is 1. The first kappa shape index (κ1) is 12.4. The van der Waals surface area contributed by atoms with Crippen molar-refractivity contribution in [1.82, 2.24) is 9.78 Å². The third-order valence-corrected chi connectivity index (χ3v) is 3.19. The smallest absolute Gasteiger partial charge is 0.129 e. The second kappa shape index (κ2) is 5.54. The van der Waals surface area contributed by atoms with Gasteiger partial charge in [-0.05, 0) is 32.1 Å². The van der Waals surface area contributed by atoms with E-state index in [1.807, 2.05) is 18.7 Å². The van der Waals surface area contributed by atoms with Gasteiger partial charge >= 0.3 is 0 Å². The van der Waals surface area contributed by atoms with Crippen LogP contribution in [0.15, 0.2) is 0 Å². The number of aryl methyl sites for hydroxylation is 2. The molecule has 4 nitrogen and oxygen atoms in total. The Hall–Kier alpha value is -1.03. The lowest BCUT2D eigenvalue weighted by molar-refractivity contribution is 0.111. The molecular formula is C13H23N3O. The number of aromatic nitrogens is 2. The van der Waals surface area contributed by atoms with Crippen LogP contribution in [0.25, 0.3) is 0 Å². The van der Waals surface area contributed by atoms with Crippen molar-refractivity contribution in [1.29, 1.82) is 0 Å². The third-order valence-electron chi connectivity index (χ3n) is 3.19. The zero-order valence-electron chi connectivity index (χ0n) is 11.1. The summed E-state index contributed by atoms with van der Waals surface area (Å²) in [5.74, 6) is 1.93. The molecule has 0 aliphatic heterocycles. The van der Waals surface area contributed by atoms with Crippen LogP contribution >= 0.6 is 0 Å². The molecule has 0 radical (unpaired) electrons. The third kappa shape index (κ3) is 3.22. The maximum atomic E-state index is 5.77. The minimum Gasteiger partial charge on any atom is -0.376 e. The van der Waals surface area contributed by atoms with Crippen molar-refractivity contribution in [3.63, 3.8) is 0 Å². The van der Waals surface area contributed by atoms with Gasteiger partial charge in [0.25, 0.3) is 0 Å². The van der Waals surface area contributed by atoms with E-state index in [4.69, 9.17) is 4.74 Å². The monoisotopic (exact) mass is 237 g/mol. The molecule has 0 atom stereocenters. The van der Waals surface area contributed by atoms with E-state index in [1.54, 1.807) is 0 Å². The topological polar surface area (TPSA) is 39.1 Å². The predicted molar refractivity (Wildman–Crippen MR) is 69.1 cm³/mol. The van der Waals surface area contributed by atoms with Gasteiger partial charge in [0.15, 0.2) is 0 Å². The summed E-state index contributed by atoms with van der Waals surface area (Å²) in [6, 6.07) is 0. The maximum absolute atomic E-state index is 5.77. The van der Waals surface area contributed by atoms with Gasteiger partial charge in [-0.15, -0.1) is 0 Å². The van der Waals surface area contributed by atoms with Gasteiger partial charge in [0.2, 0.25) is 0 Å². The summed E-state index contributed by atoms with van der Waals surface area (Å²) in [4.78, 5) is 0. The van der Waals surface area contributed by atoms with Crippen molar-refractivity contribution in [2.45, 2.75) is 39.7 Å². The normalized spacial score (nSPS) is 15.2. The van der Waals surface area contributed by atoms with E-state index in [-0.39, 0.29) is 0 Å². The Labute approximate surface area is 103 Å². The van der Waals surface area contributed by atoms with Gasteiger partial charge in [-0.2, -0.15) is 5.10 Å². The molecule has 0 unspecified atom stereocenters. The number of rotatable bonds is 7. The molecule has 0 bridgehead atoms. The first-order valence-electron chi connectivity index (χ1n) is 6.56. The van der Waals surface area contributed by atoms with Gasteiger partial charge in [-0.25, -0.2) is 0 Å². The maximum Gasteiger partial charge on any atom is 0.129 e. The Balaban J connectivity index is 1.96. The Kier molecular flexibility index (Phi) is 4.05. The van der Waals surface area contributed by atoms with Crippen LogP contribution in [0.5, 0.6) is 0 Å². The van der Waals surface area contributed by atoms with Crippen LogP contribution in [-0.4, -0.2) is 22.9 Å². The van der Waals surface area contributed by atoms with Crippen LogP contribution in [0, 0.1) is 12.8 Å². The molecule has 0 amide bonds. The molecule has 1 heterocycles. The molecule has 1 aliphatic rings. The molecule has 1 aliphatic carbocycles. The van der Waals surface area contributed by atoms with Crippen molar-refractivity contribution in [3.8, 4) is 0 Å². The Morgan fingerprint density at radius 3 is 2.88 bits per heavy atom.